The predicted molar refractivity (Wildman–Crippen MR) is 124 cm³/mol. The Balaban J connectivity index is 1.63. The Morgan fingerprint density at radius 2 is 1.97 bits per heavy atom. The molecule has 1 N–H and O–H groups in total. The lowest BCUT2D eigenvalue weighted by Crippen LogP contribution is -2.28. The Labute approximate surface area is 185 Å². The average molecular weight is 444 g/mol. The molecule has 0 radical (unpaired) electrons. The summed E-state index contributed by atoms with van der Waals surface area (Å²) in [4.78, 5) is 29.9. The first-order chi connectivity index (χ1) is 14.4. The Bertz CT molecular complexity index is 1070. The van der Waals surface area contributed by atoms with E-state index in [0.29, 0.717) is 34.2 Å². The van der Waals surface area contributed by atoms with Gasteiger partial charge < -0.3 is 5.32 Å². The molecule has 158 valence electrons. The van der Waals surface area contributed by atoms with Crippen molar-refractivity contribution in [2.45, 2.75) is 38.4 Å². The summed E-state index contributed by atoms with van der Waals surface area (Å²) in [5.74, 6) is 0.427. The first-order valence-corrected chi connectivity index (χ1v) is 11.4. The second-order valence-electron chi connectivity index (χ2n) is 7.59. The van der Waals surface area contributed by atoms with Gasteiger partial charge in [0.2, 0.25) is 5.91 Å². The number of aryl methyl sites for hydroxylation is 1. The van der Waals surface area contributed by atoms with Gasteiger partial charge in [-0.2, -0.15) is 0 Å². The number of amides is 1. The SMILES string of the molecule is CC(C)Cn1c(SCC(=O)NCCCc2ccccc2)nc2ccc(Cl)cc2c1=O. The summed E-state index contributed by atoms with van der Waals surface area (Å²) in [5, 5.41) is 4.51. The van der Waals surface area contributed by atoms with Crippen LogP contribution in [-0.2, 0) is 17.8 Å². The van der Waals surface area contributed by atoms with E-state index in [9.17, 15) is 9.59 Å². The molecule has 1 amide bonds. The molecule has 3 aromatic rings. The molecule has 30 heavy (non-hydrogen) atoms. The number of aromatic nitrogens is 2. The molecule has 0 bridgehead atoms. The summed E-state index contributed by atoms with van der Waals surface area (Å²) < 4.78 is 1.65. The molecular formula is C23H26ClN3O2S. The predicted octanol–water partition coefficient (Wildman–Crippen LogP) is 4.55. The third-order valence-electron chi connectivity index (χ3n) is 4.57. The van der Waals surface area contributed by atoms with Crippen molar-refractivity contribution in [2.75, 3.05) is 12.3 Å². The van der Waals surface area contributed by atoms with Crippen molar-refractivity contribution in [3.63, 3.8) is 0 Å². The molecule has 0 aliphatic heterocycles. The van der Waals surface area contributed by atoms with Crippen LogP contribution in [0.2, 0.25) is 5.02 Å². The summed E-state index contributed by atoms with van der Waals surface area (Å²) in [5.41, 5.74) is 1.73. The standard InChI is InChI=1S/C23H26ClN3O2S/c1-16(2)14-27-22(29)19-13-18(24)10-11-20(19)26-23(27)30-15-21(28)25-12-6-9-17-7-4-3-5-8-17/h3-5,7-8,10-11,13,16H,6,9,12,14-15H2,1-2H3,(H,25,28). The van der Waals surface area contributed by atoms with Crippen LogP contribution in [0, 0.1) is 5.92 Å². The summed E-state index contributed by atoms with van der Waals surface area (Å²) in [6.07, 6.45) is 1.81. The number of carbonyl (C=O) groups excluding carboxylic acids is 1. The monoisotopic (exact) mass is 443 g/mol. The molecule has 1 heterocycles. The number of halogens is 1. The molecule has 1 aromatic heterocycles. The third kappa shape index (κ3) is 6.09. The van der Waals surface area contributed by atoms with Gasteiger partial charge in [-0.25, -0.2) is 4.98 Å². The number of carbonyl (C=O) groups is 1. The van der Waals surface area contributed by atoms with Gasteiger partial charge in [0.15, 0.2) is 5.16 Å². The Morgan fingerprint density at radius 1 is 1.20 bits per heavy atom. The van der Waals surface area contributed by atoms with Gasteiger partial charge in [0, 0.05) is 18.1 Å². The minimum atomic E-state index is -0.123. The van der Waals surface area contributed by atoms with Gasteiger partial charge in [-0.15, -0.1) is 0 Å². The van der Waals surface area contributed by atoms with Crippen LogP contribution in [0.25, 0.3) is 10.9 Å². The molecule has 2 aromatic carbocycles. The van der Waals surface area contributed by atoms with Crippen LogP contribution in [0.15, 0.2) is 58.5 Å². The fourth-order valence-corrected chi connectivity index (χ4v) is 4.17. The number of hydrogen-bond acceptors (Lipinski definition) is 4. The van der Waals surface area contributed by atoms with Gasteiger partial charge in [-0.05, 0) is 42.5 Å². The summed E-state index contributed by atoms with van der Waals surface area (Å²) in [7, 11) is 0. The lowest BCUT2D eigenvalue weighted by molar-refractivity contribution is -0.118. The molecule has 0 spiro atoms. The smallest absolute Gasteiger partial charge is 0.262 e. The first kappa shape index (κ1) is 22.4. The molecule has 0 saturated heterocycles. The van der Waals surface area contributed by atoms with Crippen molar-refractivity contribution in [3.8, 4) is 0 Å². The number of thioether (sulfide) groups is 1. The highest BCUT2D eigenvalue weighted by molar-refractivity contribution is 7.99. The van der Waals surface area contributed by atoms with Crippen LogP contribution in [-0.4, -0.2) is 27.8 Å². The van der Waals surface area contributed by atoms with Crippen molar-refractivity contribution >= 4 is 40.2 Å². The van der Waals surface area contributed by atoms with Crippen molar-refractivity contribution < 1.29 is 4.79 Å². The van der Waals surface area contributed by atoms with Crippen LogP contribution < -0.4 is 10.9 Å². The fraction of sp³-hybridized carbons (Fsp3) is 0.348. The van der Waals surface area contributed by atoms with Gasteiger partial charge in [0.05, 0.1) is 16.7 Å². The molecule has 0 aliphatic rings. The average Bonchev–Trinajstić information content (AvgIpc) is 2.73. The Hall–Kier alpha value is -2.31. The summed E-state index contributed by atoms with van der Waals surface area (Å²) in [6.45, 7) is 5.25. The fourth-order valence-electron chi connectivity index (χ4n) is 3.16. The minimum Gasteiger partial charge on any atom is -0.355 e. The maximum atomic E-state index is 13.0. The molecule has 0 atom stereocenters. The molecular weight excluding hydrogens is 418 g/mol. The lowest BCUT2D eigenvalue weighted by Gasteiger charge is -2.15. The van der Waals surface area contributed by atoms with E-state index >= 15 is 0 Å². The quantitative estimate of drug-likeness (QED) is 0.299. The summed E-state index contributed by atoms with van der Waals surface area (Å²) >= 11 is 7.35. The topological polar surface area (TPSA) is 64.0 Å². The zero-order chi connectivity index (χ0) is 21.5. The van der Waals surface area contributed by atoms with Gasteiger partial charge >= 0.3 is 0 Å². The number of nitrogens with one attached hydrogen (secondary N) is 1. The van der Waals surface area contributed by atoms with Gasteiger partial charge in [0.25, 0.3) is 5.56 Å². The van der Waals surface area contributed by atoms with Crippen molar-refractivity contribution in [1.82, 2.24) is 14.9 Å². The maximum absolute atomic E-state index is 13.0. The minimum absolute atomic E-state index is 0.0605. The zero-order valence-corrected chi connectivity index (χ0v) is 18.8. The molecule has 0 aliphatic carbocycles. The first-order valence-electron chi connectivity index (χ1n) is 10.1. The van der Waals surface area contributed by atoms with E-state index in [1.807, 2.05) is 32.0 Å². The number of fused-ring (bicyclic) bond motifs is 1. The second kappa shape index (κ2) is 10.6. The van der Waals surface area contributed by atoms with Gasteiger partial charge in [-0.3, -0.25) is 14.2 Å². The van der Waals surface area contributed by atoms with Crippen LogP contribution in [0.1, 0.15) is 25.8 Å². The van der Waals surface area contributed by atoms with Crippen molar-refractivity contribution in [1.29, 1.82) is 0 Å². The lowest BCUT2D eigenvalue weighted by atomic mass is 10.1. The molecule has 5 nitrogen and oxygen atoms in total. The maximum Gasteiger partial charge on any atom is 0.262 e. The Morgan fingerprint density at radius 3 is 2.70 bits per heavy atom. The molecule has 0 saturated carbocycles. The zero-order valence-electron chi connectivity index (χ0n) is 17.2. The molecule has 3 rings (SSSR count). The van der Waals surface area contributed by atoms with Crippen LogP contribution in [0.4, 0.5) is 0 Å². The largest absolute Gasteiger partial charge is 0.355 e. The number of nitrogens with zero attached hydrogens (tertiary/aromatic N) is 2. The summed E-state index contributed by atoms with van der Waals surface area (Å²) in [6, 6.07) is 15.3. The van der Waals surface area contributed by atoms with Crippen molar-refractivity contribution in [2.24, 2.45) is 5.92 Å². The van der Waals surface area contributed by atoms with Crippen molar-refractivity contribution in [3.05, 3.63) is 69.5 Å². The molecule has 7 heteroatoms. The van der Waals surface area contributed by atoms with Gasteiger partial charge in [-0.1, -0.05) is 67.5 Å². The van der Waals surface area contributed by atoms with E-state index in [1.54, 1.807) is 22.8 Å². The van der Waals surface area contributed by atoms with E-state index in [2.05, 4.69) is 22.4 Å². The van der Waals surface area contributed by atoms with Crippen LogP contribution in [0.5, 0.6) is 0 Å². The highest BCUT2D eigenvalue weighted by atomic mass is 35.5. The van der Waals surface area contributed by atoms with E-state index < -0.39 is 0 Å². The van der Waals surface area contributed by atoms with E-state index in [1.165, 1.54) is 17.3 Å². The molecule has 0 unspecified atom stereocenters. The normalized spacial score (nSPS) is 11.2. The molecule has 0 fully saturated rings. The highest BCUT2D eigenvalue weighted by Crippen LogP contribution is 2.21. The van der Waals surface area contributed by atoms with Crippen LogP contribution >= 0.6 is 23.4 Å². The number of rotatable bonds is 9. The third-order valence-corrected chi connectivity index (χ3v) is 5.78. The van der Waals surface area contributed by atoms with Gasteiger partial charge in [0.1, 0.15) is 0 Å². The van der Waals surface area contributed by atoms with E-state index in [0.717, 1.165) is 12.8 Å². The number of benzene rings is 2. The highest BCUT2D eigenvalue weighted by Gasteiger charge is 2.14. The second-order valence-corrected chi connectivity index (χ2v) is 8.97. The Kier molecular flexibility index (Phi) is 7.94. The number of hydrogen-bond donors (Lipinski definition) is 1. The van der Waals surface area contributed by atoms with E-state index in [-0.39, 0.29) is 23.1 Å². The van der Waals surface area contributed by atoms with E-state index in [4.69, 9.17) is 11.6 Å². The van der Waals surface area contributed by atoms with Crippen LogP contribution in [0.3, 0.4) is 0 Å².